The van der Waals surface area contributed by atoms with Gasteiger partial charge in [0.25, 0.3) is 0 Å². The second-order valence-electron chi connectivity index (χ2n) is 5.68. The Labute approximate surface area is 142 Å². The molecule has 0 saturated heterocycles. The Balaban J connectivity index is 0.00000264. The number of nitrogens with two attached hydrogens (primary N) is 1. The van der Waals surface area contributed by atoms with Gasteiger partial charge in [-0.2, -0.15) is 0 Å². The number of halogens is 2. The summed E-state index contributed by atoms with van der Waals surface area (Å²) in [6.45, 7) is 0.0422. The number of carbonyl (C=O) groups excluding carboxylic acids is 1. The van der Waals surface area contributed by atoms with Crippen molar-refractivity contribution in [2.45, 2.75) is 36.6 Å². The molecule has 1 amide bonds. The maximum absolute atomic E-state index is 12.8. The first kappa shape index (κ1) is 19.9. The molecule has 0 heterocycles. The van der Waals surface area contributed by atoms with Crippen molar-refractivity contribution in [3.05, 3.63) is 30.1 Å². The van der Waals surface area contributed by atoms with Gasteiger partial charge in [-0.1, -0.05) is 6.42 Å². The molecule has 1 aliphatic rings. The number of rotatable bonds is 6. The molecule has 3 N–H and O–H groups in total. The maximum Gasteiger partial charge on any atom is 0.220 e. The van der Waals surface area contributed by atoms with Crippen LogP contribution in [0.5, 0.6) is 0 Å². The van der Waals surface area contributed by atoms with E-state index in [9.17, 15) is 17.6 Å². The smallest absolute Gasteiger partial charge is 0.220 e. The van der Waals surface area contributed by atoms with E-state index >= 15 is 0 Å². The van der Waals surface area contributed by atoms with Gasteiger partial charge in [0.15, 0.2) is 9.84 Å². The summed E-state index contributed by atoms with van der Waals surface area (Å²) in [4.78, 5) is 11.9. The van der Waals surface area contributed by atoms with Crippen molar-refractivity contribution in [2.75, 3.05) is 12.3 Å². The zero-order valence-corrected chi connectivity index (χ0v) is 14.3. The molecular formula is C15H22ClFN2O3S. The summed E-state index contributed by atoms with van der Waals surface area (Å²) in [5.74, 6) is -0.674. The van der Waals surface area contributed by atoms with E-state index in [2.05, 4.69) is 5.32 Å². The molecule has 0 unspecified atom stereocenters. The van der Waals surface area contributed by atoms with Crippen LogP contribution < -0.4 is 11.1 Å². The molecule has 1 aliphatic carbocycles. The lowest BCUT2D eigenvalue weighted by atomic mass is 10.00. The Bertz CT molecular complexity index is 622. The normalized spacial score (nSPS) is 20.8. The van der Waals surface area contributed by atoms with Crippen LogP contribution in [0.2, 0.25) is 0 Å². The van der Waals surface area contributed by atoms with Crippen LogP contribution in [0.4, 0.5) is 4.39 Å². The summed E-state index contributed by atoms with van der Waals surface area (Å²) >= 11 is 0. The SMILES string of the molecule is Cl.N[C@@H]1CCC[C@H]1CC(=O)NCCS(=O)(=O)c1ccc(F)cc1. The zero-order chi connectivity index (χ0) is 16.2. The quantitative estimate of drug-likeness (QED) is 0.751. The third kappa shape index (κ3) is 5.75. The van der Waals surface area contributed by atoms with Gasteiger partial charge in [0.2, 0.25) is 5.91 Å². The fourth-order valence-corrected chi connectivity index (χ4v) is 3.87. The molecule has 0 spiro atoms. The van der Waals surface area contributed by atoms with Crippen LogP contribution >= 0.6 is 12.4 Å². The van der Waals surface area contributed by atoms with E-state index in [-0.39, 0.29) is 47.5 Å². The number of hydrogen-bond acceptors (Lipinski definition) is 4. The predicted molar refractivity (Wildman–Crippen MR) is 88.6 cm³/mol. The summed E-state index contributed by atoms with van der Waals surface area (Å²) in [7, 11) is -3.52. The predicted octanol–water partition coefficient (Wildman–Crippen LogP) is 1.65. The van der Waals surface area contributed by atoms with E-state index in [1.807, 2.05) is 0 Å². The van der Waals surface area contributed by atoms with Crippen molar-refractivity contribution >= 4 is 28.2 Å². The minimum Gasteiger partial charge on any atom is -0.355 e. The van der Waals surface area contributed by atoms with E-state index in [4.69, 9.17) is 5.73 Å². The number of nitrogens with one attached hydrogen (secondary N) is 1. The first-order valence-electron chi connectivity index (χ1n) is 7.39. The minimum atomic E-state index is -3.52. The highest BCUT2D eigenvalue weighted by atomic mass is 35.5. The highest BCUT2D eigenvalue weighted by Gasteiger charge is 2.26. The largest absolute Gasteiger partial charge is 0.355 e. The molecular weight excluding hydrogens is 343 g/mol. The molecule has 1 aromatic rings. The van der Waals surface area contributed by atoms with E-state index < -0.39 is 15.7 Å². The summed E-state index contributed by atoms with van der Waals surface area (Å²) in [6.07, 6.45) is 3.27. The van der Waals surface area contributed by atoms with Gasteiger partial charge >= 0.3 is 0 Å². The Morgan fingerprint density at radius 1 is 1.26 bits per heavy atom. The highest BCUT2D eigenvalue weighted by molar-refractivity contribution is 7.91. The molecule has 5 nitrogen and oxygen atoms in total. The third-order valence-electron chi connectivity index (χ3n) is 4.03. The van der Waals surface area contributed by atoms with Crippen LogP contribution in [0.15, 0.2) is 29.2 Å². The van der Waals surface area contributed by atoms with Crippen molar-refractivity contribution in [3.63, 3.8) is 0 Å². The van der Waals surface area contributed by atoms with Crippen LogP contribution in [0, 0.1) is 11.7 Å². The van der Waals surface area contributed by atoms with E-state index in [0.717, 1.165) is 31.4 Å². The zero-order valence-electron chi connectivity index (χ0n) is 12.7. The van der Waals surface area contributed by atoms with Gasteiger partial charge in [-0.3, -0.25) is 4.79 Å². The highest BCUT2D eigenvalue weighted by Crippen LogP contribution is 2.26. The maximum atomic E-state index is 12.8. The van der Waals surface area contributed by atoms with Gasteiger partial charge in [-0.05, 0) is 43.0 Å². The Morgan fingerprint density at radius 3 is 2.48 bits per heavy atom. The van der Waals surface area contributed by atoms with Crippen LogP contribution in [0.3, 0.4) is 0 Å². The average Bonchev–Trinajstić information content (AvgIpc) is 2.84. The number of carbonyl (C=O) groups is 1. The van der Waals surface area contributed by atoms with Gasteiger partial charge in [0.05, 0.1) is 10.6 Å². The molecule has 0 aliphatic heterocycles. The lowest BCUT2D eigenvalue weighted by molar-refractivity contribution is -0.121. The Kier molecular flexibility index (Phi) is 7.44. The molecule has 2 rings (SSSR count). The lowest BCUT2D eigenvalue weighted by Crippen LogP contribution is -2.33. The van der Waals surface area contributed by atoms with Crippen molar-refractivity contribution in [1.82, 2.24) is 5.32 Å². The Morgan fingerprint density at radius 2 is 1.91 bits per heavy atom. The van der Waals surface area contributed by atoms with Crippen LogP contribution in [0.1, 0.15) is 25.7 Å². The molecule has 0 radical (unpaired) electrons. The van der Waals surface area contributed by atoms with Gasteiger partial charge in [0.1, 0.15) is 5.82 Å². The number of amides is 1. The van der Waals surface area contributed by atoms with E-state index in [1.54, 1.807) is 0 Å². The Hall–Kier alpha value is -1.18. The van der Waals surface area contributed by atoms with Gasteiger partial charge < -0.3 is 11.1 Å². The third-order valence-corrected chi connectivity index (χ3v) is 5.76. The molecule has 0 bridgehead atoms. The van der Waals surface area contributed by atoms with E-state index in [0.29, 0.717) is 6.42 Å². The van der Waals surface area contributed by atoms with Crippen molar-refractivity contribution in [3.8, 4) is 0 Å². The van der Waals surface area contributed by atoms with E-state index in [1.165, 1.54) is 12.1 Å². The van der Waals surface area contributed by atoms with Crippen LogP contribution in [-0.2, 0) is 14.6 Å². The van der Waals surface area contributed by atoms with Crippen LogP contribution in [-0.4, -0.2) is 32.7 Å². The molecule has 8 heteroatoms. The number of hydrogen-bond donors (Lipinski definition) is 2. The molecule has 23 heavy (non-hydrogen) atoms. The molecule has 1 saturated carbocycles. The van der Waals surface area contributed by atoms with Gasteiger partial charge in [0, 0.05) is 19.0 Å². The molecule has 130 valence electrons. The average molecular weight is 365 g/mol. The summed E-state index contributed by atoms with van der Waals surface area (Å²) < 4.78 is 36.9. The second-order valence-corrected chi connectivity index (χ2v) is 7.79. The minimum absolute atomic E-state index is 0. The topological polar surface area (TPSA) is 89.3 Å². The standard InChI is InChI=1S/C15H21FN2O3S.ClH/c16-12-4-6-13(7-5-12)22(20,21)9-8-18-15(19)10-11-2-1-3-14(11)17;/h4-7,11,14H,1-3,8-10,17H2,(H,18,19);1H/t11-,14+;/m0./s1. The fourth-order valence-electron chi connectivity index (χ4n) is 2.71. The van der Waals surface area contributed by atoms with Crippen molar-refractivity contribution in [2.24, 2.45) is 11.7 Å². The van der Waals surface area contributed by atoms with Crippen molar-refractivity contribution < 1.29 is 17.6 Å². The first-order chi connectivity index (χ1) is 10.4. The summed E-state index contributed by atoms with van der Waals surface area (Å²) in [6, 6.07) is 4.72. The summed E-state index contributed by atoms with van der Waals surface area (Å²) in [5, 5.41) is 2.62. The molecule has 2 atom stereocenters. The van der Waals surface area contributed by atoms with Crippen molar-refractivity contribution in [1.29, 1.82) is 0 Å². The lowest BCUT2D eigenvalue weighted by Gasteiger charge is -2.14. The molecule has 1 fully saturated rings. The second kappa shape index (κ2) is 8.61. The monoisotopic (exact) mass is 364 g/mol. The number of benzene rings is 1. The summed E-state index contributed by atoms with van der Waals surface area (Å²) in [5.41, 5.74) is 5.91. The molecule has 0 aromatic heterocycles. The first-order valence-corrected chi connectivity index (χ1v) is 9.04. The van der Waals surface area contributed by atoms with Crippen LogP contribution in [0.25, 0.3) is 0 Å². The van der Waals surface area contributed by atoms with Gasteiger partial charge in [-0.15, -0.1) is 12.4 Å². The van der Waals surface area contributed by atoms with Gasteiger partial charge in [-0.25, -0.2) is 12.8 Å². The fraction of sp³-hybridized carbons (Fsp3) is 0.533. The molecule has 1 aromatic carbocycles. The number of sulfone groups is 1.